The Morgan fingerprint density at radius 1 is 1.18 bits per heavy atom. The molecule has 5 heteroatoms. The van der Waals surface area contributed by atoms with Crippen molar-refractivity contribution >= 4 is 12.4 Å². The Morgan fingerprint density at radius 2 is 1.82 bits per heavy atom. The lowest BCUT2D eigenvalue weighted by molar-refractivity contribution is 0.465. The van der Waals surface area contributed by atoms with Gasteiger partial charge in [0.25, 0.3) is 0 Å². The van der Waals surface area contributed by atoms with Crippen LogP contribution >= 0.6 is 12.4 Å². The quantitative estimate of drug-likeness (QED) is 0.631. The molecule has 0 saturated carbocycles. The fourth-order valence-corrected chi connectivity index (χ4v) is 1.62. The summed E-state index contributed by atoms with van der Waals surface area (Å²) in [6.07, 6.45) is 3.36. The van der Waals surface area contributed by atoms with Crippen LogP contribution in [0.4, 0.5) is 13.2 Å². The maximum absolute atomic E-state index is 13.3. The lowest BCUT2D eigenvalue weighted by atomic mass is 10.0. The van der Waals surface area contributed by atoms with Gasteiger partial charge < -0.3 is 5.73 Å². The van der Waals surface area contributed by atoms with Gasteiger partial charge in [0.15, 0.2) is 11.6 Å². The summed E-state index contributed by atoms with van der Waals surface area (Å²) in [6, 6.07) is 0.851. The van der Waals surface area contributed by atoms with Crippen LogP contribution in [-0.2, 0) is 0 Å². The van der Waals surface area contributed by atoms with E-state index in [1.165, 1.54) is 0 Å². The number of nitrogens with two attached hydrogens (primary N) is 1. The molecule has 0 spiro atoms. The molecular weight excluding hydrogens is 251 g/mol. The van der Waals surface area contributed by atoms with Crippen LogP contribution in [0.1, 0.15) is 44.2 Å². The lowest BCUT2D eigenvalue weighted by Gasteiger charge is -2.13. The first-order valence-electron chi connectivity index (χ1n) is 5.46. The second-order valence-electron chi connectivity index (χ2n) is 3.89. The van der Waals surface area contributed by atoms with E-state index in [0.717, 1.165) is 25.3 Å². The summed E-state index contributed by atoms with van der Waals surface area (Å²) < 4.78 is 39.1. The van der Waals surface area contributed by atoms with Gasteiger partial charge in [0.05, 0.1) is 0 Å². The first-order chi connectivity index (χ1) is 7.56. The highest BCUT2D eigenvalue weighted by Crippen LogP contribution is 2.23. The number of hydrogen-bond donors (Lipinski definition) is 1. The molecule has 1 aromatic carbocycles. The van der Waals surface area contributed by atoms with Crippen LogP contribution in [-0.4, -0.2) is 0 Å². The molecule has 17 heavy (non-hydrogen) atoms. The molecule has 98 valence electrons. The predicted molar refractivity (Wildman–Crippen MR) is 64.6 cm³/mol. The van der Waals surface area contributed by atoms with Gasteiger partial charge in [-0.05, 0) is 12.5 Å². The zero-order chi connectivity index (χ0) is 12.1. The van der Waals surface area contributed by atoms with Gasteiger partial charge in [-0.1, -0.05) is 26.2 Å². The van der Waals surface area contributed by atoms with E-state index in [-0.39, 0.29) is 18.0 Å². The highest BCUT2D eigenvalue weighted by Gasteiger charge is 2.16. The molecule has 0 unspecified atom stereocenters. The maximum Gasteiger partial charge on any atom is 0.163 e. The largest absolute Gasteiger partial charge is 0.324 e. The van der Waals surface area contributed by atoms with Crippen molar-refractivity contribution in [3.63, 3.8) is 0 Å². The molecule has 0 amide bonds. The molecule has 2 N–H and O–H groups in total. The topological polar surface area (TPSA) is 26.0 Å². The Bertz CT molecular complexity index is 358. The Hall–Kier alpha value is -0.740. The summed E-state index contributed by atoms with van der Waals surface area (Å²) in [6.45, 7) is 2.04. The van der Waals surface area contributed by atoms with Gasteiger partial charge in [0.1, 0.15) is 5.82 Å². The molecule has 0 saturated heterocycles. The van der Waals surface area contributed by atoms with Crippen LogP contribution in [0.25, 0.3) is 0 Å². The minimum atomic E-state index is -1.18. The molecule has 1 atom stereocenters. The van der Waals surface area contributed by atoms with Crippen molar-refractivity contribution in [2.24, 2.45) is 5.73 Å². The van der Waals surface area contributed by atoms with Crippen molar-refractivity contribution in [1.82, 2.24) is 0 Å². The maximum atomic E-state index is 13.3. The van der Waals surface area contributed by atoms with Crippen LogP contribution in [0.5, 0.6) is 0 Å². The molecule has 0 radical (unpaired) electrons. The molecule has 0 bridgehead atoms. The molecule has 0 heterocycles. The van der Waals surface area contributed by atoms with Crippen molar-refractivity contribution < 1.29 is 13.2 Å². The first-order valence-corrected chi connectivity index (χ1v) is 5.46. The highest BCUT2D eigenvalue weighted by atomic mass is 35.5. The Balaban J connectivity index is 0.00000256. The second-order valence-corrected chi connectivity index (χ2v) is 3.89. The molecule has 1 nitrogen and oxygen atoms in total. The van der Waals surface area contributed by atoms with Gasteiger partial charge in [0.2, 0.25) is 0 Å². The Morgan fingerprint density at radius 3 is 2.41 bits per heavy atom. The highest BCUT2D eigenvalue weighted by molar-refractivity contribution is 5.85. The van der Waals surface area contributed by atoms with Crippen molar-refractivity contribution in [3.05, 3.63) is 35.1 Å². The van der Waals surface area contributed by atoms with Gasteiger partial charge in [-0.3, -0.25) is 0 Å². The molecule has 1 aromatic rings. The minimum Gasteiger partial charge on any atom is -0.324 e. The summed E-state index contributed by atoms with van der Waals surface area (Å²) in [4.78, 5) is 0. The number of hydrogen-bond acceptors (Lipinski definition) is 1. The zero-order valence-corrected chi connectivity index (χ0v) is 10.5. The molecule has 0 fully saturated rings. The van der Waals surface area contributed by atoms with Gasteiger partial charge in [-0.25, -0.2) is 13.2 Å². The lowest BCUT2D eigenvalue weighted by Crippen LogP contribution is -2.13. The fourth-order valence-electron chi connectivity index (χ4n) is 1.62. The van der Waals surface area contributed by atoms with Crippen LogP contribution in [0.2, 0.25) is 0 Å². The van der Waals surface area contributed by atoms with Crippen molar-refractivity contribution in [2.75, 3.05) is 0 Å². The average molecular weight is 268 g/mol. The number of benzene rings is 1. The fraction of sp³-hybridized carbons (Fsp3) is 0.500. The standard InChI is InChI=1S/C12H16F3N.ClH/c1-2-3-4-5-11(16)9-6-8(13)7-10(14)12(9)15;/h6-7,11H,2-5,16H2,1H3;1H/t11-;/m1./s1. The summed E-state index contributed by atoms with van der Waals surface area (Å²) in [5.74, 6) is -3.01. The van der Waals surface area contributed by atoms with E-state index in [0.29, 0.717) is 12.5 Å². The van der Waals surface area contributed by atoms with Gasteiger partial charge in [-0.2, -0.15) is 0 Å². The van der Waals surface area contributed by atoms with Gasteiger partial charge in [0, 0.05) is 17.7 Å². The zero-order valence-electron chi connectivity index (χ0n) is 9.68. The third-order valence-electron chi connectivity index (χ3n) is 2.54. The Kier molecular flexibility index (Phi) is 7.23. The van der Waals surface area contributed by atoms with E-state index >= 15 is 0 Å². The SMILES string of the molecule is CCCCC[C@@H](N)c1cc(F)cc(F)c1F.Cl. The minimum absolute atomic E-state index is 0. The number of unbranched alkanes of at least 4 members (excludes halogenated alkanes) is 2. The van der Waals surface area contributed by atoms with Crippen LogP contribution in [0.3, 0.4) is 0 Å². The smallest absolute Gasteiger partial charge is 0.163 e. The van der Waals surface area contributed by atoms with Gasteiger partial charge >= 0.3 is 0 Å². The summed E-state index contributed by atoms with van der Waals surface area (Å²) in [5, 5.41) is 0. The number of rotatable bonds is 5. The molecule has 1 rings (SSSR count). The van der Waals surface area contributed by atoms with E-state index in [9.17, 15) is 13.2 Å². The van der Waals surface area contributed by atoms with Gasteiger partial charge in [-0.15, -0.1) is 12.4 Å². The molecule has 0 aliphatic heterocycles. The van der Waals surface area contributed by atoms with Crippen LogP contribution < -0.4 is 5.73 Å². The third-order valence-corrected chi connectivity index (χ3v) is 2.54. The van der Waals surface area contributed by atoms with E-state index in [1.54, 1.807) is 0 Å². The normalized spacial score (nSPS) is 12.1. The third kappa shape index (κ3) is 4.56. The van der Waals surface area contributed by atoms with Crippen molar-refractivity contribution in [2.45, 2.75) is 38.6 Å². The second kappa shape index (κ2) is 7.56. The average Bonchev–Trinajstić information content (AvgIpc) is 2.23. The number of halogens is 4. The van der Waals surface area contributed by atoms with Crippen molar-refractivity contribution in [1.29, 1.82) is 0 Å². The monoisotopic (exact) mass is 267 g/mol. The molecule has 0 aliphatic rings. The van der Waals surface area contributed by atoms with Crippen LogP contribution in [0, 0.1) is 17.5 Å². The first kappa shape index (κ1) is 16.3. The summed E-state index contributed by atoms with van der Waals surface area (Å²) >= 11 is 0. The molecule has 0 aliphatic carbocycles. The predicted octanol–water partition coefficient (Wildman–Crippen LogP) is 4.11. The summed E-state index contributed by atoms with van der Waals surface area (Å²) in [5.41, 5.74) is 5.63. The molecule has 0 aromatic heterocycles. The Labute approximate surface area is 106 Å². The molecular formula is C12H17ClF3N. The van der Waals surface area contributed by atoms with E-state index in [4.69, 9.17) is 5.73 Å². The van der Waals surface area contributed by atoms with E-state index < -0.39 is 23.5 Å². The summed E-state index contributed by atoms with van der Waals surface area (Å²) in [7, 11) is 0. The van der Waals surface area contributed by atoms with E-state index in [2.05, 4.69) is 0 Å². The van der Waals surface area contributed by atoms with Crippen LogP contribution in [0.15, 0.2) is 12.1 Å². The van der Waals surface area contributed by atoms with Crippen molar-refractivity contribution in [3.8, 4) is 0 Å². The van der Waals surface area contributed by atoms with E-state index in [1.807, 2.05) is 6.92 Å².